The zero-order valence-corrected chi connectivity index (χ0v) is 7.03. The average molecular weight is 198 g/mol. The van der Waals surface area contributed by atoms with Crippen LogP contribution < -0.4 is 10.6 Å². The number of urea groups is 1. The fraction of sp³-hybridized carbons (Fsp3) is 0.667. The van der Waals surface area contributed by atoms with Gasteiger partial charge in [0, 0.05) is 0 Å². The van der Waals surface area contributed by atoms with E-state index in [1.807, 2.05) is 6.26 Å². The van der Waals surface area contributed by atoms with E-state index in [0.29, 0.717) is 6.42 Å². The van der Waals surface area contributed by atoms with E-state index < -0.39 is 0 Å². The summed E-state index contributed by atoms with van der Waals surface area (Å²) in [4.78, 5) is 21.5. The number of hydrogen-bond acceptors (Lipinski definition) is 3. The van der Waals surface area contributed by atoms with E-state index in [2.05, 4.69) is 10.6 Å². The summed E-state index contributed by atoms with van der Waals surface area (Å²) in [5.74, 6) is 0.683. The number of imide groups is 1. The number of hydrogen-bond donors (Lipinski definition) is 2. The van der Waals surface area contributed by atoms with Crippen LogP contribution in [0.3, 0.4) is 0 Å². The van der Waals surface area contributed by atoms with Gasteiger partial charge in [0.15, 0.2) is 0 Å². The molecule has 1 heterocycles. The van der Waals surface area contributed by atoms with Crippen molar-refractivity contribution >= 4 is 53.3 Å². The van der Waals surface area contributed by atoms with Crippen molar-refractivity contribution in [3.8, 4) is 0 Å². The Morgan fingerprint density at radius 1 is 1.50 bits per heavy atom. The quantitative estimate of drug-likeness (QED) is 0.465. The maximum atomic E-state index is 10.9. The minimum atomic E-state index is -0.374. The second kappa shape index (κ2) is 5.85. The summed E-state index contributed by atoms with van der Waals surface area (Å²) in [5.41, 5.74) is 0. The first-order chi connectivity index (χ1) is 5.24. The first kappa shape index (κ1) is 12.3. The molecule has 0 aromatic carbocycles. The Labute approximate surface area is 97.5 Å². The third-order valence-electron chi connectivity index (χ3n) is 1.47. The van der Waals surface area contributed by atoms with Gasteiger partial charge in [-0.2, -0.15) is 11.8 Å². The molecular weight excluding hydrogens is 187 g/mol. The Morgan fingerprint density at radius 3 is 2.58 bits per heavy atom. The number of amides is 3. The molecule has 0 aromatic heterocycles. The molecule has 0 spiro atoms. The van der Waals surface area contributed by atoms with Gasteiger partial charge in [0.1, 0.15) is 6.04 Å². The van der Waals surface area contributed by atoms with Crippen LogP contribution in [0.25, 0.3) is 0 Å². The van der Waals surface area contributed by atoms with Crippen molar-refractivity contribution in [2.45, 2.75) is 12.5 Å². The Morgan fingerprint density at radius 2 is 2.17 bits per heavy atom. The van der Waals surface area contributed by atoms with E-state index >= 15 is 0 Å². The summed E-state index contributed by atoms with van der Waals surface area (Å²) in [6.07, 6.45) is 2.67. The van der Waals surface area contributed by atoms with Gasteiger partial charge >= 0.3 is 35.6 Å². The van der Waals surface area contributed by atoms with Crippen LogP contribution in [0.5, 0.6) is 0 Å². The molecule has 1 aliphatic heterocycles. The maximum absolute atomic E-state index is 10.9. The van der Waals surface area contributed by atoms with Gasteiger partial charge in [0.25, 0.3) is 5.91 Å². The summed E-state index contributed by atoms with van der Waals surface area (Å²) in [5, 5.41) is 4.70. The van der Waals surface area contributed by atoms with Crippen LogP contribution in [0.1, 0.15) is 6.42 Å². The molecule has 4 nitrogen and oxygen atoms in total. The first-order valence-corrected chi connectivity index (χ1v) is 4.73. The van der Waals surface area contributed by atoms with Crippen LogP contribution in [-0.2, 0) is 4.79 Å². The molecule has 1 saturated heterocycles. The number of rotatable bonds is 3. The molecule has 1 fully saturated rings. The molecule has 2 N–H and O–H groups in total. The molecule has 64 valence electrons. The van der Waals surface area contributed by atoms with Crippen LogP contribution in [-0.4, -0.2) is 59.5 Å². The predicted octanol–water partition coefficient (Wildman–Crippen LogP) is -0.701. The van der Waals surface area contributed by atoms with Gasteiger partial charge in [-0.3, -0.25) is 10.1 Å². The fourth-order valence-corrected chi connectivity index (χ4v) is 1.37. The van der Waals surface area contributed by atoms with Crippen molar-refractivity contribution in [1.29, 1.82) is 0 Å². The van der Waals surface area contributed by atoms with E-state index in [1.165, 1.54) is 0 Å². The number of nitrogens with one attached hydrogen (secondary N) is 2. The predicted molar refractivity (Wildman–Crippen MR) is 50.6 cm³/mol. The Balaban J connectivity index is 0.00000121. The molecule has 1 atom stereocenters. The van der Waals surface area contributed by atoms with Crippen molar-refractivity contribution < 1.29 is 9.59 Å². The van der Waals surface area contributed by atoms with Crippen molar-refractivity contribution in [3.05, 3.63) is 0 Å². The van der Waals surface area contributed by atoms with Crippen molar-refractivity contribution in [1.82, 2.24) is 10.6 Å². The Hall–Kier alpha value is 0.290. The molecule has 3 amide bonds. The molecule has 0 bridgehead atoms. The van der Waals surface area contributed by atoms with Crippen LogP contribution in [0.4, 0.5) is 4.79 Å². The Kier molecular flexibility index (Phi) is 6.00. The summed E-state index contributed by atoms with van der Waals surface area (Å²) in [6, 6.07) is -0.684. The van der Waals surface area contributed by atoms with Gasteiger partial charge in [-0.1, -0.05) is 0 Å². The second-order valence-electron chi connectivity index (χ2n) is 2.30. The zero-order chi connectivity index (χ0) is 8.27. The van der Waals surface area contributed by atoms with Crippen LogP contribution in [0, 0.1) is 0 Å². The third kappa shape index (κ3) is 3.35. The van der Waals surface area contributed by atoms with E-state index in [1.54, 1.807) is 11.8 Å². The van der Waals surface area contributed by atoms with Gasteiger partial charge in [-0.15, -0.1) is 0 Å². The van der Waals surface area contributed by atoms with E-state index in [-0.39, 0.29) is 47.5 Å². The normalized spacial score (nSPS) is 21.2. The molecule has 0 aliphatic carbocycles. The monoisotopic (exact) mass is 198 g/mol. The topological polar surface area (TPSA) is 58.2 Å². The summed E-state index contributed by atoms with van der Waals surface area (Å²) in [6.45, 7) is 0. The van der Waals surface area contributed by atoms with Gasteiger partial charge in [0.2, 0.25) is 0 Å². The van der Waals surface area contributed by atoms with Gasteiger partial charge in [0.05, 0.1) is 0 Å². The number of carbonyl (C=O) groups excluding carboxylic acids is 2. The molecule has 0 saturated carbocycles. The minimum absolute atomic E-state index is 0. The molecule has 0 radical (unpaired) electrons. The standard InChI is InChI=1S/C6H10N2O2S.Na.H/c1-11-3-2-4-5(9)8-6(10)7-4;;/h4H,2-3H2,1H3,(H2,7,8,9,10);;. The van der Waals surface area contributed by atoms with Gasteiger partial charge in [-0.05, 0) is 18.4 Å². The molecule has 0 aromatic rings. The van der Waals surface area contributed by atoms with Crippen LogP contribution >= 0.6 is 11.8 Å². The van der Waals surface area contributed by atoms with Crippen LogP contribution in [0.15, 0.2) is 0 Å². The second-order valence-corrected chi connectivity index (χ2v) is 3.28. The SMILES string of the molecule is CSCCC1NC(=O)NC1=O.[NaH]. The summed E-state index contributed by atoms with van der Waals surface area (Å²) < 4.78 is 0. The zero-order valence-electron chi connectivity index (χ0n) is 6.22. The van der Waals surface area contributed by atoms with Crippen molar-refractivity contribution in [3.63, 3.8) is 0 Å². The molecule has 6 heteroatoms. The van der Waals surface area contributed by atoms with Gasteiger partial charge < -0.3 is 5.32 Å². The van der Waals surface area contributed by atoms with Gasteiger partial charge in [-0.25, -0.2) is 4.79 Å². The number of carbonyl (C=O) groups is 2. The molecule has 12 heavy (non-hydrogen) atoms. The van der Waals surface area contributed by atoms with E-state index in [4.69, 9.17) is 0 Å². The Bertz CT molecular complexity index is 188. The molecule has 1 aliphatic rings. The molecule has 1 unspecified atom stereocenters. The average Bonchev–Trinajstić information content (AvgIpc) is 2.26. The fourth-order valence-electron chi connectivity index (χ4n) is 0.898. The summed E-state index contributed by atoms with van der Waals surface area (Å²) in [7, 11) is 0. The number of thioether (sulfide) groups is 1. The van der Waals surface area contributed by atoms with E-state index in [9.17, 15) is 9.59 Å². The molecular formula is C6H11N2NaO2S. The first-order valence-electron chi connectivity index (χ1n) is 3.34. The van der Waals surface area contributed by atoms with E-state index in [0.717, 1.165) is 5.75 Å². The molecule has 1 rings (SSSR count). The third-order valence-corrected chi connectivity index (χ3v) is 2.11. The van der Waals surface area contributed by atoms with Crippen molar-refractivity contribution in [2.75, 3.05) is 12.0 Å². The van der Waals surface area contributed by atoms with Crippen molar-refractivity contribution in [2.24, 2.45) is 0 Å². The summed E-state index contributed by atoms with van der Waals surface area (Å²) >= 11 is 1.66. The van der Waals surface area contributed by atoms with Crippen LogP contribution in [0.2, 0.25) is 0 Å².